The Balaban J connectivity index is 1.47. The highest BCUT2D eigenvalue weighted by Gasteiger charge is 2.50. The molecule has 32 heavy (non-hydrogen) atoms. The first-order valence-corrected chi connectivity index (χ1v) is 11.0. The first kappa shape index (κ1) is 21.5. The fraction of sp³-hybridized carbons (Fsp3) is 0.320. The van der Waals surface area contributed by atoms with Gasteiger partial charge in [-0.2, -0.15) is 0 Å². The topological polar surface area (TPSA) is 70.0 Å². The molecule has 0 amide bonds. The summed E-state index contributed by atoms with van der Waals surface area (Å²) in [4.78, 5) is 4.44. The lowest BCUT2D eigenvalue weighted by Gasteiger charge is -2.49. The van der Waals surface area contributed by atoms with E-state index in [-0.39, 0.29) is 12.7 Å². The lowest BCUT2D eigenvalue weighted by molar-refractivity contribution is -0.384. The standard InChI is InChI=1S/C25H24ClNO5/c26-18-11-12-27-19(13-18)14-20-22-23(32-24(29-20)16-7-3-1-4-8-16)21(15-28)30-25(31-22)17-9-5-2-6-10-17/h1-13,20-25,28H,14-15H2. The molecule has 2 saturated heterocycles. The molecular weight excluding hydrogens is 430 g/mol. The highest BCUT2D eigenvalue weighted by Crippen LogP contribution is 2.41. The molecule has 5 rings (SSSR count). The van der Waals surface area contributed by atoms with Gasteiger partial charge in [-0.05, 0) is 12.1 Å². The van der Waals surface area contributed by atoms with Crippen molar-refractivity contribution in [2.75, 3.05) is 6.61 Å². The number of hydrogen-bond acceptors (Lipinski definition) is 6. The average Bonchev–Trinajstić information content (AvgIpc) is 2.84. The molecular formula is C25H24ClNO5. The fourth-order valence-corrected chi connectivity index (χ4v) is 4.37. The van der Waals surface area contributed by atoms with Crippen LogP contribution in [0.25, 0.3) is 0 Å². The molecule has 0 radical (unpaired) electrons. The van der Waals surface area contributed by atoms with Gasteiger partial charge in [0.15, 0.2) is 12.6 Å². The fourth-order valence-electron chi connectivity index (χ4n) is 4.19. The van der Waals surface area contributed by atoms with E-state index < -0.39 is 30.9 Å². The molecule has 6 unspecified atom stereocenters. The van der Waals surface area contributed by atoms with Gasteiger partial charge in [0.25, 0.3) is 0 Å². The van der Waals surface area contributed by atoms with Gasteiger partial charge in [0.2, 0.25) is 0 Å². The second-order valence-corrected chi connectivity index (χ2v) is 8.32. The minimum atomic E-state index is -0.634. The molecule has 0 bridgehead atoms. The number of fused-ring (bicyclic) bond motifs is 1. The van der Waals surface area contributed by atoms with Crippen molar-refractivity contribution in [3.8, 4) is 0 Å². The van der Waals surface area contributed by atoms with Crippen molar-refractivity contribution in [1.82, 2.24) is 4.98 Å². The summed E-state index contributed by atoms with van der Waals surface area (Å²) in [5, 5.41) is 10.7. The van der Waals surface area contributed by atoms with Gasteiger partial charge < -0.3 is 24.1 Å². The molecule has 2 aromatic carbocycles. The Kier molecular flexibility index (Phi) is 6.50. The number of rotatable bonds is 5. The molecule has 1 aromatic heterocycles. The van der Waals surface area contributed by atoms with E-state index in [1.165, 1.54) is 0 Å². The predicted molar refractivity (Wildman–Crippen MR) is 118 cm³/mol. The molecule has 0 spiro atoms. The van der Waals surface area contributed by atoms with E-state index in [2.05, 4.69) is 4.98 Å². The maximum atomic E-state index is 10.1. The molecule has 6 atom stereocenters. The molecule has 6 nitrogen and oxygen atoms in total. The lowest BCUT2D eigenvalue weighted by Crippen LogP contribution is -2.59. The van der Waals surface area contributed by atoms with E-state index >= 15 is 0 Å². The summed E-state index contributed by atoms with van der Waals surface area (Å²) in [7, 11) is 0. The molecule has 0 aliphatic carbocycles. The van der Waals surface area contributed by atoms with Crippen LogP contribution in [0, 0.1) is 0 Å². The van der Waals surface area contributed by atoms with Crippen LogP contribution >= 0.6 is 11.6 Å². The van der Waals surface area contributed by atoms with Crippen LogP contribution in [-0.2, 0) is 25.4 Å². The van der Waals surface area contributed by atoms with E-state index in [0.29, 0.717) is 11.4 Å². The number of benzene rings is 2. The Morgan fingerprint density at radius 1 is 0.750 bits per heavy atom. The predicted octanol–water partition coefficient (Wildman–Crippen LogP) is 4.24. The van der Waals surface area contributed by atoms with E-state index in [9.17, 15) is 5.11 Å². The maximum absolute atomic E-state index is 10.1. The van der Waals surface area contributed by atoms with Crippen LogP contribution in [0.15, 0.2) is 79.0 Å². The Labute approximate surface area is 191 Å². The Morgan fingerprint density at radius 3 is 1.88 bits per heavy atom. The molecule has 166 valence electrons. The third-order valence-electron chi connectivity index (χ3n) is 5.73. The van der Waals surface area contributed by atoms with Gasteiger partial charge in [0.05, 0.1) is 12.7 Å². The summed E-state index contributed by atoms with van der Waals surface area (Å²) >= 11 is 6.18. The number of ether oxygens (including phenoxy) is 4. The zero-order valence-corrected chi connectivity index (χ0v) is 18.0. The minimum Gasteiger partial charge on any atom is -0.394 e. The number of hydrogen-bond donors (Lipinski definition) is 1. The monoisotopic (exact) mass is 453 g/mol. The Hall–Kier alpha value is -2.32. The van der Waals surface area contributed by atoms with Crippen molar-refractivity contribution < 1.29 is 24.1 Å². The van der Waals surface area contributed by atoms with Gasteiger partial charge in [-0.15, -0.1) is 0 Å². The normalized spacial score (nSPS) is 29.9. The minimum absolute atomic E-state index is 0.197. The van der Waals surface area contributed by atoms with Crippen molar-refractivity contribution in [1.29, 1.82) is 0 Å². The van der Waals surface area contributed by atoms with E-state index in [1.54, 1.807) is 12.3 Å². The summed E-state index contributed by atoms with van der Waals surface area (Å²) in [6, 6.07) is 22.9. The van der Waals surface area contributed by atoms with Gasteiger partial charge in [-0.25, -0.2) is 0 Å². The number of aliphatic hydroxyl groups is 1. The quantitative estimate of drug-likeness (QED) is 0.623. The van der Waals surface area contributed by atoms with Crippen molar-refractivity contribution in [2.45, 2.75) is 43.4 Å². The smallest absolute Gasteiger partial charge is 0.184 e. The molecule has 1 N–H and O–H groups in total. The Morgan fingerprint density at radius 2 is 1.31 bits per heavy atom. The first-order valence-electron chi connectivity index (χ1n) is 10.6. The zero-order valence-electron chi connectivity index (χ0n) is 17.3. The third-order valence-corrected chi connectivity index (χ3v) is 5.96. The van der Waals surface area contributed by atoms with Crippen LogP contribution in [0.3, 0.4) is 0 Å². The lowest BCUT2D eigenvalue weighted by atomic mass is 9.95. The maximum Gasteiger partial charge on any atom is 0.184 e. The first-order chi connectivity index (χ1) is 15.7. The molecule has 2 aliphatic heterocycles. The van der Waals surface area contributed by atoms with Crippen LogP contribution in [-0.4, -0.2) is 41.1 Å². The van der Waals surface area contributed by atoms with E-state index in [4.69, 9.17) is 30.5 Å². The second kappa shape index (κ2) is 9.67. The number of nitrogens with zero attached hydrogens (tertiary/aromatic N) is 1. The summed E-state index contributed by atoms with van der Waals surface area (Å²) in [6.07, 6.45) is -1.01. The van der Waals surface area contributed by atoms with Gasteiger partial charge >= 0.3 is 0 Å². The highest BCUT2D eigenvalue weighted by atomic mass is 35.5. The van der Waals surface area contributed by atoms with Gasteiger partial charge in [-0.3, -0.25) is 4.98 Å². The zero-order chi connectivity index (χ0) is 21.9. The molecule has 3 heterocycles. The number of aromatic nitrogens is 1. The van der Waals surface area contributed by atoms with E-state index in [0.717, 1.165) is 16.8 Å². The van der Waals surface area contributed by atoms with Crippen LogP contribution in [0.2, 0.25) is 5.02 Å². The number of aliphatic hydroxyl groups excluding tert-OH is 1. The van der Waals surface area contributed by atoms with Gasteiger partial charge in [-0.1, -0.05) is 72.3 Å². The van der Waals surface area contributed by atoms with Crippen LogP contribution in [0.4, 0.5) is 0 Å². The highest BCUT2D eigenvalue weighted by molar-refractivity contribution is 6.30. The average molecular weight is 454 g/mol. The van der Waals surface area contributed by atoms with Gasteiger partial charge in [0.1, 0.15) is 18.3 Å². The number of pyridine rings is 1. The molecule has 2 aliphatic rings. The van der Waals surface area contributed by atoms with Crippen LogP contribution in [0.5, 0.6) is 0 Å². The van der Waals surface area contributed by atoms with Crippen molar-refractivity contribution in [3.05, 3.63) is 101 Å². The van der Waals surface area contributed by atoms with Crippen molar-refractivity contribution >= 4 is 11.6 Å². The van der Waals surface area contributed by atoms with E-state index in [1.807, 2.05) is 66.7 Å². The second-order valence-electron chi connectivity index (χ2n) is 7.89. The SMILES string of the molecule is OCC1OC(c2ccccc2)OC2C(Cc3cc(Cl)ccn3)OC(c3ccccc3)OC12. The Bertz CT molecular complexity index is 1020. The number of halogens is 1. The molecule has 7 heteroatoms. The molecule has 2 fully saturated rings. The van der Waals surface area contributed by atoms with Crippen molar-refractivity contribution in [3.63, 3.8) is 0 Å². The summed E-state index contributed by atoms with van der Waals surface area (Å²) in [5.41, 5.74) is 2.55. The summed E-state index contributed by atoms with van der Waals surface area (Å²) in [5.74, 6) is 0. The summed E-state index contributed by atoms with van der Waals surface area (Å²) in [6.45, 7) is -0.197. The van der Waals surface area contributed by atoms with Crippen LogP contribution in [0.1, 0.15) is 29.4 Å². The third kappa shape index (κ3) is 4.57. The van der Waals surface area contributed by atoms with Gasteiger partial charge in [0, 0.05) is 34.5 Å². The summed E-state index contributed by atoms with van der Waals surface area (Å²) < 4.78 is 25.1. The molecule has 3 aromatic rings. The molecule has 0 saturated carbocycles. The largest absolute Gasteiger partial charge is 0.394 e. The van der Waals surface area contributed by atoms with Crippen molar-refractivity contribution in [2.24, 2.45) is 0 Å². The van der Waals surface area contributed by atoms with Crippen LogP contribution < -0.4 is 0 Å².